The zero-order valence-electron chi connectivity index (χ0n) is 13.9. The molecule has 0 spiro atoms. The Bertz CT molecular complexity index is 767. The van der Waals surface area contributed by atoms with Crippen molar-refractivity contribution in [1.82, 2.24) is 14.9 Å². The van der Waals surface area contributed by atoms with Gasteiger partial charge in [0.25, 0.3) is 5.91 Å². The highest BCUT2D eigenvalue weighted by Crippen LogP contribution is 2.20. The number of ether oxygens (including phenoxy) is 1. The zero-order valence-corrected chi connectivity index (χ0v) is 15.6. The molecule has 26 heavy (non-hydrogen) atoms. The van der Waals surface area contributed by atoms with Gasteiger partial charge in [-0.15, -0.1) is 12.4 Å². The highest BCUT2D eigenvalue weighted by atomic mass is 35.5. The van der Waals surface area contributed by atoms with E-state index in [1.54, 1.807) is 12.1 Å². The molecule has 2 fully saturated rings. The van der Waals surface area contributed by atoms with Gasteiger partial charge in [-0.25, -0.2) is 8.42 Å². The molecule has 9 nitrogen and oxygen atoms in total. The molecule has 0 aliphatic carbocycles. The molecule has 1 aromatic rings. The molecule has 1 atom stereocenters. The molecule has 1 aromatic carbocycles. The fourth-order valence-electron chi connectivity index (χ4n) is 2.66. The van der Waals surface area contributed by atoms with E-state index in [2.05, 4.69) is 16.0 Å². The number of carbonyl (C=O) groups excluding carboxylic acids is 2. The molecule has 0 radical (unpaired) electrons. The van der Waals surface area contributed by atoms with Gasteiger partial charge in [0.05, 0.1) is 18.0 Å². The molecule has 2 aliphatic rings. The van der Waals surface area contributed by atoms with Crippen LogP contribution in [0.25, 0.3) is 0 Å². The van der Waals surface area contributed by atoms with Gasteiger partial charge in [-0.05, 0) is 18.2 Å². The van der Waals surface area contributed by atoms with E-state index in [1.165, 1.54) is 12.1 Å². The Morgan fingerprint density at radius 2 is 2.12 bits per heavy atom. The predicted molar refractivity (Wildman–Crippen MR) is 96.7 cm³/mol. The van der Waals surface area contributed by atoms with E-state index in [0.29, 0.717) is 25.4 Å². The number of amides is 2. The van der Waals surface area contributed by atoms with Crippen LogP contribution in [0.15, 0.2) is 29.2 Å². The number of nitrogens with one attached hydrogen (secondary N) is 3. The first-order valence-corrected chi connectivity index (χ1v) is 9.41. The SMILES string of the molecule is Cl.O=C1CN(S(=O)(=O)c2cccc(NC(=O)C3CNCCO3)c2)CCN1. The Hall–Kier alpha value is -1.72. The number of morpholine rings is 1. The maximum Gasteiger partial charge on any atom is 0.254 e. The second-order valence-electron chi connectivity index (χ2n) is 5.77. The van der Waals surface area contributed by atoms with Gasteiger partial charge in [0.1, 0.15) is 6.10 Å². The van der Waals surface area contributed by atoms with E-state index in [0.717, 1.165) is 4.31 Å². The monoisotopic (exact) mass is 404 g/mol. The maximum absolute atomic E-state index is 12.7. The van der Waals surface area contributed by atoms with Crippen molar-refractivity contribution < 1.29 is 22.7 Å². The van der Waals surface area contributed by atoms with Crippen molar-refractivity contribution in [3.8, 4) is 0 Å². The molecule has 0 bridgehead atoms. The van der Waals surface area contributed by atoms with E-state index in [4.69, 9.17) is 4.74 Å². The van der Waals surface area contributed by atoms with Crippen molar-refractivity contribution in [2.75, 3.05) is 44.6 Å². The van der Waals surface area contributed by atoms with Crippen molar-refractivity contribution >= 4 is 39.9 Å². The summed E-state index contributed by atoms with van der Waals surface area (Å²) in [7, 11) is -3.80. The van der Waals surface area contributed by atoms with Crippen LogP contribution in [0.5, 0.6) is 0 Å². The first-order chi connectivity index (χ1) is 12.0. The van der Waals surface area contributed by atoms with Crippen LogP contribution < -0.4 is 16.0 Å². The van der Waals surface area contributed by atoms with Crippen LogP contribution in [0.4, 0.5) is 5.69 Å². The minimum atomic E-state index is -3.80. The first-order valence-electron chi connectivity index (χ1n) is 7.97. The van der Waals surface area contributed by atoms with Gasteiger partial charge in [-0.3, -0.25) is 9.59 Å². The second-order valence-corrected chi connectivity index (χ2v) is 7.71. The summed E-state index contributed by atoms with van der Waals surface area (Å²) in [4.78, 5) is 23.7. The summed E-state index contributed by atoms with van der Waals surface area (Å²) >= 11 is 0. The largest absolute Gasteiger partial charge is 0.366 e. The lowest BCUT2D eigenvalue weighted by Gasteiger charge is -2.26. The fraction of sp³-hybridized carbons (Fsp3) is 0.467. The summed E-state index contributed by atoms with van der Waals surface area (Å²) in [6, 6.07) is 5.98. The molecule has 11 heteroatoms. The van der Waals surface area contributed by atoms with Crippen LogP contribution >= 0.6 is 12.4 Å². The lowest BCUT2D eigenvalue weighted by molar-refractivity contribution is -0.128. The molecule has 2 amide bonds. The molecule has 2 saturated heterocycles. The average molecular weight is 405 g/mol. The molecule has 3 N–H and O–H groups in total. The first kappa shape index (κ1) is 20.6. The molecule has 2 heterocycles. The molecular formula is C15H21ClN4O5S. The van der Waals surface area contributed by atoms with Crippen molar-refractivity contribution in [1.29, 1.82) is 0 Å². The van der Waals surface area contributed by atoms with Crippen molar-refractivity contribution in [2.24, 2.45) is 0 Å². The summed E-state index contributed by atoms with van der Waals surface area (Å²) in [6.07, 6.45) is -0.611. The summed E-state index contributed by atoms with van der Waals surface area (Å²) in [5.74, 6) is -0.666. The summed E-state index contributed by atoms with van der Waals surface area (Å²) in [5, 5.41) is 8.32. The zero-order chi connectivity index (χ0) is 17.9. The van der Waals surface area contributed by atoms with Crippen LogP contribution in [0.3, 0.4) is 0 Å². The number of nitrogens with zero attached hydrogens (tertiary/aromatic N) is 1. The number of halogens is 1. The van der Waals surface area contributed by atoms with Gasteiger partial charge in [-0.2, -0.15) is 4.31 Å². The second kappa shape index (κ2) is 8.78. The Kier molecular flexibility index (Phi) is 6.95. The molecule has 0 aromatic heterocycles. The van der Waals surface area contributed by atoms with Crippen molar-refractivity contribution in [3.05, 3.63) is 24.3 Å². The lowest BCUT2D eigenvalue weighted by atomic mass is 10.2. The van der Waals surface area contributed by atoms with E-state index in [9.17, 15) is 18.0 Å². The van der Waals surface area contributed by atoms with Gasteiger partial charge >= 0.3 is 0 Å². The lowest BCUT2D eigenvalue weighted by Crippen LogP contribution is -2.49. The Morgan fingerprint density at radius 1 is 1.31 bits per heavy atom. The van der Waals surface area contributed by atoms with Gasteiger partial charge < -0.3 is 20.7 Å². The number of rotatable bonds is 4. The summed E-state index contributed by atoms with van der Waals surface area (Å²) < 4.78 is 31.8. The molecule has 2 aliphatic heterocycles. The van der Waals surface area contributed by atoms with Gasteiger partial charge in [0, 0.05) is 31.9 Å². The van der Waals surface area contributed by atoms with E-state index in [-0.39, 0.29) is 48.8 Å². The third-order valence-electron chi connectivity index (χ3n) is 3.96. The third-order valence-corrected chi connectivity index (χ3v) is 5.80. The Labute approximate surface area is 157 Å². The summed E-state index contributed by atoms with van der Waals surface area (Å²) in [5.41, 5.74) is 0.363. The Balaban J connectivity index is 0.00000243. The maximum atomic E-state index is 12.7. The molecule has 0 saturated carbocycles. The number of hydrogen-bond donors (Lipinski definition) is 3. The van der Waals surface area contributed by atoms with Crippen LogP contribution in [-0.4, -0.2) is 70.0 Å². The fourth-order valence-corrected chi connectivity index (χ4v) is 4.10. The molecule has 1 unspecified atom stereocenters. The minimum absolute atomic E-state index is 0. The number of benzene rings is 1. The molecule has 3 rings (SSSR count). The van der Waals surface area contributed by atoms with Crippen LogP contribution in [-0.2, 0) is 24.3 Å². The predicted octanol–water partition coefficient (Wildman–Crippen LogP) is -0.844. The van der Waals surface area contributed by atoms with E-state index < -0.39 is 16.1 Å². The summed E-state index contributed by atoms with van der Waals surface area (Å²) in [6.45, 7) is 1.84. The van der Waals surface area contributed by atoms with Gasteiger partial charge in [0.2, 0.25) is 15.9 Å². The van der Waals surface area contributed by atoms with Crippen molar-refractivity contribution in [2.45, 2.75) is 11.0 Å². The van der Waals surface area contributed by atoms with Crippen molar-refractivity contribution in [3.63, 3.8) is 0 Å². The van der Waals surface area contributed by atoms with Crippen LogP contribution in [0, 0.1) is 0 Å². The van der Waals surface area contributed by atoms with E-state index >= 15 is 0 Å². The average Bonchev–Trinajstić information content (AvgIpc) is 2.62. The number of piperazine rings is 1. The Morgan fingerprint density at radius 3 is 2.81 bits per heavy atom. The number of hydrogen-bond acceptors (Lipinski definition) is 6. The van der Waals surface area contributed by atoms with Gasteiger partial charge in [-0.1, -0.05) is 6.07 Å². The van der Waals surface area contributed by atoms with Gasteiger partial charge in [0.15, 0.2) is 0 Å². The highest BCUT2D eigenvalue weighted by Gasteiger charge is 2.29. The number of anilines is 1. The quantitative estimate of drug-likeness (QED) is 0.602. The molecule has 144 valence electrons. The highest BCUT2D eigenvalue weighted by molar-refractivity contribution is 7.89. The third kappa shape index (κ3) is 4.71. The smallest absolute Gasteiger partial charge is 0.254 e. The normalized spacial score (nSPS) is 21.4. The van der Waals surface area contributed by atoms with Crippen LogP contribution in [0.1, 0.15) is 0 Å². The number of sulfonamides is 1. The van der Waals surface area contributed by atoms with Crippen LogP contribution in [0.2, 0.25) is 0 Å². The minimum Gasteiger partial charge on any atom is -0.366 e. The topological polar surface area (TPSA) is 117 Å². The molecular weight excluding hydrogens is 384 g/mol. The standard InChI is InChI=1S/C15H20N4O5S.ClH/c20-14-10-19(6-4-17-14)25(22,23)12-3-1-2-11(8-12)18-15(21)13-9-16-5-7-24-13;/h1-3,8,13,16H,4-7,9-10H2,(H,17,20)(H,18,21);1H. The number of carbonyl (C=O) groups is 2. The van der Waals surface area contributed by atoms with E-state index in [1.807, 2.05) is 0 Å².